The van der Waals surface area contributed by atoms with Crippen LogP contribution in [0.25, 0.3) is 0 Å². The molecule has 11 heavy (non-hydrogen) atoms. The van der Waals surface area contributed by atoms with Gasteiger partial charge in [0.25, 0.3) is 0 Å². The average molecular weight is 211 g/mol. The van der Waals surface area contributed by atoms with Crippen molar-refractivity contribution in [3.63, 3.8) is 0 Å². The summed E-state index contributed by atoms with van der Waals surface area (Å²) in [7, 11) is 0. The Bertz CT molecular complexity index is 137. The fraction of sp³-hybridized carbons (Fsp3) is 0.286. The van der Waals surface area contributed by atoms with E-state index in [4.69, 9.17) is 24.8 Å². The van der Waals surface area contributed by atoms with E-state index in [1.165, 1.54) is 0 Å². The summed E-state index contributed by atoms with van der Waals surface area (Å²) in [5.74, 6) is 0. The number of hydrogen-bond acceptors (Lipinski definition) is 2. The first-order valence-corrected chi connectivity index (χ1v) is 3.71. The normalized spacial score (nSPS) is 7.64. The molecular formula is C7H10KNS2. The van der Waals surface area contributed by atoms with E-state index in [-0.39, 0.29) is 51.4 Å². The zero-order valence-electron chi connectivity index (χ0n) is 6.75. The zero-order valence-corrected chi connectivity index (χ0v) is 11.5. The minimum absolute atomic E-state index is 0. The second-order valence-corrected chi connectivity index (χ2v) is 2.78. The molecule has 56 valence electrons. The topological polar surface area (TPSA) is 3.24 Å². The van der Waals surface area contributed by atoms with E-state index in [0.29, 0.717) is 17.4 Å². The molecule has 0 heterocycles. The van der Waals surface area contributed by atoms with Gasteiger partial charge in [0.2, 0.25) is 0 Å². The number of nitrogens with zero attached hydrogens (tertiary/aromatic N) is 1. The maximum absolute atomic E-state index is 4.79. The Balaban J connectivity index is 0. The molecule has 0 aromatic heterocycles. The van der Waals surface area contributed by atoms with Gasteiger partial charge in [0, 0.05) is 13.1 Å². The smallest absolute Gasteiger partial charge is 0.411 e. The Labute approximate surface area is 122 Å². The van der Waals surface area contributed by atoms with E-state index < -0.39 is 0 Å². The molecule has 0 rings (SSSR count). The number of rotatable bonds is 4. The Morgan fingerprint density at radius 1 is 1.36 bits per heavy atom. The van der Waals surface area contributed by atoms with Gasteiger partial charge in [-0.1, -0.05) is 16.5 Å². The molecule has 0 saturated carbocycles. The second-order valence-electron chi connectivity index (χ2n) is 1.75. The summed E-state index contributed by atoms with van der Waals surface area (Å²) >= 11 is 9.59. The summed E-state index contributed by atoms with van der Waals surface area (Å²) in [6.07, 6.45) is 3.53. The quantitative estimate of drug-likeness (QED) is 0.241. The molecule has 0 aromatic carbocycles. The van der Waals surface area contributed by atoms with Crippen LogP contribution in [0.15, 0.2) is 25.3 Å². The maximum Gasteiger partial charge on any atom is 1.00 e. The molecule has 0 radical (unpaired) electrons. The fourth-order valence-electron chi connectivity index (χ4n) is 0.535. The van der Waals surface area contributed by atoms with Crippen molar-refractivity contribution in [2.24, 2.45) is 0 Å². The van der Waals surface area contributed by atoms with E-state index in [0.717, 1.165) is 0 Å². The molecule has 0 atom stereocenters. The molecule has 0 aliphatic carbocycles. The van der Waals surface area contributed by atoms with Crippen LogP contribution in [-0.4, -0.2) is 22.3 Å². The summed E-state index contributed by atoms with van der Waals surface area (Å²) in [6.45, 7) is 8.57. The fourth-order valence-corrected chi connectivity index (χ4v) is 0.833. The van der Waals surface area contributed by atoms with Crippen molar-refractivity contribution in [1.82, 2.24) is 4.90 Å². The van der Waals surface area contributed by atoms with Crippen molar-refractivity contribution in [2.45, 2.75) is 0 Å². The molecule has 0 aliphatic rings. The molecule has 0 spiro atoms. The van der Waals surface area contributed by atoms with Crippen LogP contribution in [0.3, 0.4) is 0 Å². The van der Waals surface area contributed by atoms with Gasteiger partial charge in [-0.15, -0.1) is 13.2 Å². The van der Waals surface area contributed by atoms with Crippen molar-refractivity contribution < 1.29 is 51.4 Å². The Morgan fingerprint density at radius 3 is 1.91 bits per heavy atom. The van der Waals surface area contributed by atoms with Gasteiger partial charge in [0.15, 0.2) is 0 Å². The van der Waals surface area contributed by atoms with E-state index in [1.807, 2.05) is 4.90 Å². The molecule has 0 aliphatic heterocycles. The average Bonchev–Trinajstić information content (AvgIpc) is 1.87. The summed E-state index contributed by atoms with van der Waals surface area (Å²) in [6, 6.07) is 0. The molecular weight excluding hydrogens is 201 g/mol. The number of thiocarbonyl (C=S) groups is 1. The summed E-state index contributed by atoms with van der Waals surface area (Å²) in [4.78, 5) is 1.84. The van der Waals surface area contributed by atoms with Gasteiger partial charge >= 0.3 is 51.4 Å². The van der Waals surface area contributed by atoms with E-state index >= 15 is 0 Å². The second kappa shape index (κ2) is 9.32. The third-order valence-corrected chi connectivity index (χ3v) is 1.47. The van der Waals surface area contributed by atoms with Crippen LogP contribution in [-0.2, 0) is 12.6 Å². The van der Waals surface area contributed by atoms with Gasteiger partial charge in [0.05, 0.1) is 0 Å². The van der Waals surface area contributed by atoms with Crippen LogP contribution in [0.5, 0.6) is 0 Å². The monoisotopic (exact) mass is 211 g/mol. The number of hydrogen-bond donors (Lipinski definition) is 0. The van der Waals surface area contributed by atoms with Crippen molar-refractivity contribution in [2.75, 3.05) is 13.1 Å². The molecule has 0 fully saturated rings. The Hall–Kier alpha value is 1.23. The molecule has 0 aromatic rings. The standard InChI is InChI=1S/C7H11NS2.K/c1-3-5-8(6-4-2)7(9)10;/h3-4H,1-2,5-6H2,(H,9,10);/q;+1/p-1. The minimum atomic E-state index is 0. The molecule has 0 N–H and O–H groups in total. The SMILES string of the molecule is C=CCN(CC=C)C(=S)[S-].[K+]. The third-order valence-electron chi connectivity index (χ3n) is 0.957. The van der Waals surface area contributed by atoms with Crippen molar-refractivity contribution in [3.05, 3.63) is 25.3 Å². The third kappa shape index (κ3) is 7.58. The molecule has 0 bridgehead atoms. The summed E-state index contributed by atoms with van der Waals surface area (Å²) in [5, 5.41) is 0. The van der Waals surface area contributed by atoms with E-state index in [2.05, 4.69) is 13.2 Å². The summed E-state index contributed by atoms with van der Waals surface area (Å²) < 4.78 is 0.472. The Kier molecular flexibility index (Phi) is 12.5. The molecule has 1 nitrogen and oxygen atoms in total. The van der Waals surface area contributed by atoms with Crippen LogP contribution < -0.4 is 51.4 Å². The summed E-state index contributed by atoms with van der Waals surface area (Å²) in [5.41, 5.74) is 0. The molecule has 0 unspecified atom stereocenters. The predicted molar refractivity (Wildman–Crippen MR) is 51.9 cm³/mol. The van der Waals surface area contributed by atoms with Gasteiger partial charge in [0.1, 0.15) is 0 Å². The van der Waals surface area contributed by atoms with Gasteiger partial charge in [-0.2, -0.15) is 0 Å². The first-order chi connectivity index (χ1) is 4.72. The van der Waals surface area contributed by atoms with Crippen LogP contribution in [0.2, 0.25) is 0 Å². The predicted octanol–water partition coefficient (Wildman–Crippen LogP) is -1.50. The molecule has 0 amide bonds. The largest absolute Gasteiger partial charge is 1.00 e. The van der Waals surface area contributed by atoms with Crippen molar-refractivity contribution in [1.29, 1.82) is 0 Å². The zero-order chi connectivity index (χ0) is 7.98. The van der Waals surface area contributed by atoms with Gasteiger partial charge in [-0.05, 0) is 0 Å². The molecule has 4 heteroatoms. The van der Waals surface area contributed by atoms with Crippen LogP contribution >= 0.6 is 12.2 Å². The first-order valence-electron chi connectivity index (χ1n) is 2.90. The maximum atomic E-state index is 4.79. The minimum Gasteiger partial charge on any atom is -0.411 e. The van der Waals surface area contributed by atoms with E-state index in [1.54, 1.807) is 12.2 Å². The van der Waals surface area contributed by atoms with Crippen molar-refractivity contribution in [3.8, 4) is 0 Å². The van der Waals surface area contributed by atoms with Crippen molar-refractivity contribution >= 4 is 29.2 Å². The van der Waals surface area contributed by atoms with Gasteiger partial charge < -0.3 is 29.7 Å². The van der Waals surface area contributed by atoms with Gasteiger partial charge in [-0.3, -0.25) is 0 Å². The van der Waals surface area contributed by atoms with E-state index in [9.17, 15) is 0 Å². The van der Waals surface area contributed by atoms with Crippen LogP contribution in [0.4, 0.5) is 0 Å². The first kappa shape index (κ1) is 14.7. The Morgan fingerprint density at radius 2 is 1.73 bits per heavy atom. The van der Waals surface area contributed by atoms with Crippen LogP contribution in [0, 0.1) is 0 Å². The van der Waals surface area contributed by atoms with Gasteiger partial charge in [-0.25, -0.2) is 0 Å². The molecule has 0 saturated heterocycles. The van der Waals surface area contributed by atoms with Crippen LogP contribution in [0.1, 0.15) is 0 Å².